The monoisotopic (exact) mass is 302 g/mol. The summed E-state index contributed by atoms with van der Waals surface area (Å²) in [7, 11) is 0. The molecule has 0 bridgehead atoms. The van der Waals surface area contributed by atoms with Crippen molar-refractivity contribution < 1.29 is 13.2 Å². The third-order valence-corrected chi connectivity index (χ3v) is 5.21. The molecule has 1 saturated carbocycles. The lowest BCUT2D eigenvalue weighted by Crippen LogP contribution is -2.32. The van der Waals surface area contributed by atoms with Crippen molar-refractivity contribution in [1.82, 2.24) is 0 Å². The predicted molar refractivity (Wildman–Crippen MR) is 73.1 cm³/mol. The van der Waals surface area contributed by atoms with Crippen LogP contribution in [0.5, 0.6) is 0 Å². The van der Waals surface area contributed by atoms with Crippen LogP contribution in [-0.4, -0.2) is 16.6 Å². The molecule has 1 aliphatic rings. The highest BCUT2D eigenvalue weighted by Gasteiger charge is 2.35. The minimum Gasteiger partial charge on any atom is -0.160 e. The molecule has 3 atom stereocenters. The lowest BCUT2D eigenvalue weighted by molar-refractivity contribution is -0.0328. The lowest BCUT2D eigenvalue weighted by atomic mass is 9.68. The average Bonchev–Trinajstić information content (AvgIpc) is 2.17. The second-order valence-electron chi connectivity index (χ2n) is 6.23. The molecule has 1 aliphatic carbocycles. The Morgan fingerprint density at radius 2 is 1.78 bits per heavy atom. The van der Waals surface area contributed by atoms with E-state index in [-0.39, 0.29) is 34.2 Å². The molecular weight excluding hydrogens is 281 g/mol. The second kappa shape index (κ2) is 6.25. The van der Waals surface area contributed by atoms with Crippen LogP contribution in [-0.2, 0) is 0 Å². The molecule has 0 aliphatic heterocycles. The highest BCUT2D eigenvalue weighted by atomic mass is 35.5. The molecule has 3 unspecified atom stereocenters. The van der Waals surface area contributed by atoms with Crippen molar-refractivity contribution >= 4 is 23.4 Å². The Bertz CT molecular complexity index is 260. The van der Waals surface area contributed by atoms with Gasteiger partial charge in [-0.25, -0.2) is 0 Å². The van der Waals surface area contributed by atoms with Crippen LogP contribution >= 0.6 is 23.4 Å². The Morgan fingerprint density at radius 3 is 2.28 bits per heavy atom. The molecule has 0 nitrogen and oxygen atoms in total. The minimum absolute atomic E-state index is 0.0532. The Balaban J connectivity index is 2.43. The highest BCUT2D eigenvalue weighted by molar-refractivity contribution is 8.00. The molecule has 0 saturated heterocycles. The van der Waals surface area contributed by atoms with E-state index in [1.54, 1.807) is 0 Å². The van der Waals surface area contributed by atoms with E-state index in [1.807, 2.05) is 0 Å². The maximum absolute atomic E-state index is 12.1. The summed E-state index contributed by atoms with van der Waals surface area (Å²) in [6, 6.07) is 0. The number of thioether (sulfide) groups is 1. The van der Waals surface area contributed by atoms with Crippen LogP contribution in [0.25, 0.3) is 0 Å². The number of hydrogen-bond donors (Lipinski definition) is 0. The molecular formula is C13H22ClF3S. The van der Waals surface area contributed by atoms with Gasteiger partial charge in [-0.05, 0) is 42.9 Å². The van der Waals surface area contributed by atoms with Gasteiger partial charge in [-0.1, -0.05) is 32.5 Å². The number of rotatable bonds is 3. The van der Waals surface area contributed by atoms with E-state index >= 15 is 0 Å². The van der Waals surface area contributed by atoms with Crippen molar-refractivity contribution in [3.63, 3.8) is 0 Å². The summed E-state index contributed by atoms with van der Waals surface area (Å²) in [5.41, 5.74) is -3.88. The van der Waals surface area contributed by atoms with E-state index in [2.05, 4.69) is 20.8 Å². The Kier molecular flexibility index (Phi) is 5.73. The summed E-state index contributed by atoms with van der Waals surface area (Å²) >= 11 is 6.34. The lowest BCUT2D eigenvalue weighted by Gasteiger charge is -2.40. The molecule has 108 valence electrons. The number of halogens is 4. The molecule has 5 heteroatoms. The zero-order valence-electron chi connectivity index (χ0n) is 11.2. The molecule has 1 rings (SSSR count). The van der Waals surface area contributed by atoms with Gasteiger partial charge in [-0.2, -0.15) is 13.2 Å². The molecule has 1 fully saturated rings. The van der Waals surface area contributed by atoms with Gasteiger partial charge < -0.3 is 0 Å². The zero-order valence-corrected chi connectivity index (χ0v) is 12.8. The first kappa shape index (κ1) is 16.5. The first-order valence-corrected chi connectivity index (χ1v) is 7.86. The Morgan fingerprint density at radius 1 is 1.17 bits per heavy atom. The molecule has 0 amide bonds. The number of hydrogen-bond acceptors (Lipinski definition) is 1. The smallest absolute Gasteiger partial charge is 0.160 e. The van der Waals surface area contributed by atoms with E-state index in [1.165, 1.54) is 0 Å². The SMILES string of the molecule is CC(C)(C)C1CCC(Cl)C(CCSC(F)(F)F)C1. The summed E-state index contributed by atoms with van der Waals surface area (Å²) < 4.78 is 36.3. The first-order chi connectivity index (χ1) is 8.09. The largest absolute Gasteiger partial charge is 0.441 e. The molecule has 0 radical (unpaired) electrons. The van der Waals surface area contributed by atoms with Gasteiger partial charge in [-0.15, -0.1) is 11.6 Å². The summed E-state index contributed by atoms with van der Waals surface area (Å²) in [5, 5.41) is 0.0532. The maximum atomic E-state index is 12.1. The molecule has 0 N–H and O–H groups in total. The van der Waals surface area contributed by atoms with Crippen molar-refractivity contribution in [3.05, 3.63) is 0 Å². The van der Waals surface area contributed by atoms with E-state index in [9.17, 15) is 13.2 Å². The standard InChI is InChI=1S/C13H22ClF3S/c1-12(2,3)10-4-5-11(14)9(8-10)6-7-18-13(15,16)17/h9-11H,4-8H2,1-3H3. The molecule has 18 heavy (non-hydrogen) atoms. The Hall–Kier alpha value is 0.430. The summed E-state index contributed by atoms with van der Waals surface area (Å²) in [4.78, 5) is 0. The van der Waals surface area contributed by atoms with Gasteiger partial charge in [0.05, 0.1) is 0 Å². The van der Waals surface area contributed by atoms with Crippen molar-refractivity contribution in [2.75, 3.05) is 5.75 Å². The average molecular weight is 303 g/mol. The van der Waals surface area contributed by atoms with Crippen molar-refractivity contribution in [2.24, 2.45) is 17.3 Å². The van der Waals surface area contributed by atoms with Crippen LogP contribution in [0, 0.1) is 17.3 Å². The van der Waals surface area contributed by atoms with Crippen LogP contribution in [0.15, 0.2) is 0 Å². The fraction of sp³-hybridized carbons (Fsp3) is 1.00. The fourth-order valence-corrected chi connectivity index (χ4v) is 3.65. The summed E-state index contributed by atoms with van der Waals surface area (Å²) in [6.45, 7) is 6.61. The van der Waals surface area contributed by atoms with Crippen molar-refractivity contribution in [2.45, 2.75) is 57.3 Å². The van der Waals surface area contributed by atoms with E-state index in [4.69, 9.17) is 11.6 Å². The normalized spacial score (nSPS) is 30.5. The van der Waals surface area contributed by atoms with E-state index in [0.29, 0.717) is 12.3 Å². The summed E-state index contributed by atoms with van der Waals surface area (Å²) in [5.74, 6) is 0.946. The van der Waals surface area contributed by atoms with Gasteiger partial charge >= 0.3 is 5.51 Å². The molecule has 0 aromatic rings. The number of alkyl halides is 4. The first-order valence-electron chi connectivity index (χ1n) is 6.44. The van der Waals surface area contributed by atoms with Gasteiger partial charge in [0, 0.05) is 11.1 Å². The quantitative estimate of drug-likeness (QED) is 0.603. The van der Waals surface area contributed by atoms with Gasteiger partial charge in [-0.3, -0.25) is 0 Å². The van der Waals surface area contributed by atoms with Crippen LogP contribution in [0.4, 0.5) is 13.2 Å². The van der Waals surface area contributed by atoms with E-state index in [0.717, 1.165) is 19.3 Å². The minimum atomic E-state index is -4.11. The van der Waals surface area contributed by atoms with Gasteiger partial charge in [0.15, 0.2) is 0 Å². The van der Waals surface area contributed by atoms with Gasteiger partial charge in [0.1, 0.15) is 0 Å². The van der Waals surface area contributed by atoms with Crippen LogP contribution in [0.2, 0.25) is 0 Å². The second-order valence-corrected chi connectivity index (χ2v) is 7.96. The Labute approximate surface area is 117 Å². The van der Waals surface area contributed by atoms with Gasteiger partial charge in [0.25, 0.3) is 0 Å². The molecule has 0 aromatic carbocycles. The van der Waals surface area contributed by atoms with Crippen LogP contribution in [0.3, 0.4) is 0 Å². The molecule has 0 spiro atoms. The third-order valence-electron chi connectivity index (χ3n) is 3.87. The van der Waals surface area contributed by atoms with Gasteiger partial charge in [0.2, 0.25) is 0 Å². The molecule has 0 heterocycles. The van der Waals surface area contributed by atoms with Crippen LogP contribution < -0.4 is 0 Å². The van der Waals surface area contributed by atoms with Crippen molar-refractivity contribution in [1.29, 1.82) is 0 Å². The summed E-state index contributed by atoms with van der Waals surface area (Å²) in [6.07, 6.45) is 3.58. The third kappa shape index (κ3) is 5.60. The zero-order chi connectivity index (χ0) is 14.0. The topological polar surface area (TPSA) is 0 Å². The molecule has 0 aromatic heterocycles. The van der Waals surface area contributed by atoms with E-state index < -0.39 is 5.51 Å². The predicted octanol–water partition coefficient (Wildman–Crippen LogP) is 5.70. The van der Waals surface area contributed by atoms with Crippen LogP contribution in [0.1, 0.15) is 46.5 Å². The maximum Gasteiger partial charge on any atom is 0.441 e. The fourth-order valence-electron chi connectivity index (χ4n) is 2.64. The highest BCUT2D eigenvalue weighted by Crippen LogP contribution is 2.44. The van der Waals surface area contributed by atoms with Crippen molar-refractivity contribution in [3.8, 4) is 0 Å².